The highest BCUT2D eigenvalue weighted by Gasteiger charge is 2.66. The van der Waals surface area contributed by atoms with Crippen LogP contribution in [-0.4, -0.2) is 24.8 Å². The third kappa shape index (κ3) is 1.72. The highest BCUT2D eigenvalue weighted by Crippen LogP contribution is 2.63. The maximum atomic E-state index is 6.05. The van der Waals surface area contributed by atoms with Crippen LogP contribution in [0.15, 0.2) is 24.3 Å². The Morgan fingerprint density at radius 1 is 1.10 bits per heavy atom. The van der Waals surface area contributed by atoms with Gasteiger partial charge in [-0.1, -0.05) is 30.7 Å². The molecule has 4 atom stereocenters. The molecule has 0 radical (unpaired) electrons. The number of benzene rings is 1. The molecule has 2 saturated carbocycles. The van der Waals surface area contributed by atoms with Crippen LogP contribution in [0.2, 0.25) is 0 Å². The van der Waals surface area contributed by atoms with Crippen molar-refractivity contribution < 1.29 is 4.74 Å². The lowest BCUT2D eigenvalue weighted by Crippen LogP contribution is -2.72. The number of fused-ring (bicyclic) bond motifs is 3. The molecular weight excluding hydrogens is 258 g/mol. The van der Waals surface area contributed by atoms with Gasteiger partial charge in [0, 0.05) is 30.0 Å². The minimum absolute atomic E-state index is 0.526. The number of nitrogens with one attached hydrogen (secondary N) is 1. The maximum Gasteiger partial charge on any atom is 0.0690 e. The standard InChI is InChI=1S/C19H25NO/c1-2-5-14-12-15(7-6-13(14)4-1)20-17-16-8-11-21-18(16)19(17)9-3-10-19/h1-2,4-5,15-18,20H,3,6-12H2/t15-,16-,17+,18-/m0/s1. The molecule has 2 nitrogen and oxygen atoms in total. The predicted molar refractivity (Wildman–Crippen MR) is 83.3 cm³/mol. The number of hydrogen-bond acceptors (Lipinski definition) is 2. The summed E-state index contributed by atoms with van der Waals surface area (Å²) in [7, 11) is 0. The van der Waals surface area contributed by atoms with E-state index in [-0.39, 0.29) is 0 Å². The second-order valence-electron chi connectivity index (χ2n) is 7.68. The molecule has 1 spiro atoms. The Morgan fingerprint density at radius 3 is 2.76 bits per heavy atom. The molecule has 0 bridgehead atoms. The quantitative estimate of drug-likeness (QED) is 0.900. The fraction of sp³-hybridized carbons (Fsp3) is 0.684. The lowest BCUT2D eigenvalue weighted by Gasteiger charge is -2.64. The summed E-state index contributed by atoms with van der Waals surface area (Å²) in [6.07, 6.45) is 9.87. The zero-order chi connectivity index (χ0) is 13.9. The minimum atomic E-state index is 0.526. The summed E-state index contributed by atoms with van der Waals surface area (Å²) in [5.41, 5.74) is 3.67. The van der Waals surface area contributed by atoms with E-state index in [0.717, 1.165) is 18.6 Å². The summed E-state index contributed by atoms with van der Waals surface area (Å²) in [6, 6.07) is 10.4. The Morgan fingerprint density at radius 2 is 1.95 bits per heavy atom. The Balaban J connectivity index is 1.32. The van der Waals surface area contributed by atoms with Crippen LogP contribution in [0.3, 0.4) is 0 Å². The molecule has 1 aromatic rings. The van der Waals surface area contributed by atoms with E-state index in [2.05, 4.69) is 29.6 Å². The number of ether oxygens (including phenoxy) is 1. The minimum Gasteiger partial charge on any atom is -0.377 e. The van der Waals surface area contributed by atoms with Gasteiger partial charge in [0.05, 0.1) is 6.10 Å². The largest absolute Gasteiger partial charge is 0.377 e. The van der Waals surface area contributed by atoms with Crippen molar-refractivity contribution in [3.8, 4) is 0 Å². The van der Waals surface area contributed by atoms with Crippen LogP contribution in [-0.2, 0) is 17.6 Å². The lowest BCUT2D eigenvalue weighted by atomic mass is 9.46. The SMILES string of the molecule is c1ccc2c(c1)CC[C@H](N[C@@H]1[C@@H]3CCO[C@@H]3C13CCC3)C2. The molecule has 2 heteroatoms. The van der Waals surface area contributed by atoms with Gasteiger partial charge in [0.2, 0.25) is 0 Å². The molecule has 0 amide bonds. The Labute approximate surface area is 127 Å². The fourth-order valence-electron chi connectivity index (χ4n) is 5.59. The summed E-state index contributed by atoms with van der Waals surface area (Å²) in [5.74, 6) is 0.808. The average Bonchev–Trinajstić information content (AvgIpc) is 2.88. The molecule has 112 valence electrons. The van der Waals surface area contributed by atoms with E-state index in [0.29, 0.717) is 17.6 Å². The van der Waals surface area contributed by atoms with Gasteiger partial charge < -0.3 is 10.1 Å². The molecule has 3 fully saturated rings. The van der Waals surface area contributed by atoms with Gasteiger partial charge in [-0.15, -0.1) is 0 Å². The fourth-order valence-corrected chi connectivity index (χ4v) is 5.59. The molecule has 1 aliphatic heterocycles. The van der Waals surface area contributed by atoms with Gasteiger partial charge in [0.15, 0.2) is 0 Å². The zero-order valence-electron chi connectivity index (χ0n) is 12.7. The van der Waals surface area contributed by atoms with E-state index in [1.807, 2.05) is 0 Å². The predicted octanol–water partition coefficient (Wildman–Crippen LogP) is 3.09. The summed E-state index contributed by atoms with van der Waals surface area (Å²) < 4.78 is 6.05. The van der Waals surface area contributed by atoms with Crippen LogP contribution < -0.4 is 5.32 Å². The first kappa shape index (κ1) is 12.7. The van der Waals surface area contributed by atoms with Crippen molar-refractivity contribution >= 4 is 0 Å². The van der Waals surface area contributed by atoms with Gasteiger partial charge >= 0.3 is 0 Å². The van der Waals surface area contributed by atoms with Crippen molar-refractivity contribution in [1.82, 2.24) is 5.32 Å². The summed E-state index contributed by atoms with van der Waals surface area (Å²) in [6.45, 7) is 1.00. The molecule has 1 heterocycles. The molecule has 1 saturated heterocycles. The van der Waals surface area contributed by atoms with Crippen LogP contribution in [0.25, 0.3) is 0 Å². The van der Waals surface area contributed by atoms with Gasteiger partial charge in [0.25, 0.3) is 0 Å². The molecule has 5 rings (SSSR count). The molecule has 1 aromatic carbocycles. The third-order valence-electron chi connectivity index (χ3n) is 6.80. The number of aryl methyl sites for hydroxylation is 1. The normalized spacial score (nSPS) is 39.2. The number of hydrogen-bond donors (Lipinski definition) is 1. The molecule has 0 unspecified atom stereocenters. The highest BCUT2D eigenvalue weighted by atomic mass is 16.5. The van der Waals surface area contributed by atoms with Gasteiger partial charge in [0.1, 0.15) is 0 Å². The van der Waals surface area contributed by atoms with E-state index in [1.54, 1.807) is 11.1 Å². The summed E-state index contributed by atoms with van der Waals surface area (Å²) in [4.78, 5) is 0. The van der Waals surface area contributed by atoms with Crippen molar-refractivity contribution in [3.05, 3.63) is 35.4 Å². The topological polar surface area (TPSA) is 21.3 Å². The zero-order valence-corrected chi connectivity index (χ0v) is 12.7. The lowest BCUT2D eigenvalue weighted by molar-refractivity contribution is -0.178. The highest BCUT2D eigenvalue weighted by molar-refractivity contribution is 5.31. The first-order valence-electron chi connectivity index (χ1n) is 8.81. The molecule has 0 aromatic heterocycles. The monoisotopic (exact) mass is 283 g/mol. The van der Waals surface area contributed by atoms with Crippen LogP contribution in [0.5, 0.6) is 0 Å². The molecule has 4 aliphatic rings. The summed E-state index contributed by atoms with van der Waals surface area (Å²) >= 11 is 0. The molecule has 21 heavy (non-hydrogen) atoms. The van der Waals surface area contributed by atoms with E-state index < -0.39 is 0 Å². The average molecular weight is 283 g/mol. The number of rotatable bonds is 2. The van der Waals surface area contributed by atoms with Crippen molar-refractivity contribution in [2.45, 2.75) is 63.1 Å². The van der Waals surface area contributed by atoms with Gasteiger partial charge in [-0.25, -0.2) is 0 Å². The third-order valence-corrected chi connectivity index (χ3v) is 6.80. The van der Waals surface area contributed by atoms with Crippen LogP contribution in [0.1, 0.15) is 43.2 Å². The van der Waals surface area contributed by atoms with Gasteiger partial charge in [-0.2, -0.15) is 0 Å². The van der Waals surface area contributed by atoms with E-state index in [4.69, 9.17) is 4.74 Å². The van der Waals surface area contributed by atoms with Gasteiger partial charge in [-0.3, -0.25) is 0 Å². The van der Waals surface area contributed by atoms with Gasteiger partial charge in [-0.05, 0) is 49.7 Å². The molecule has 3 aliphatic carbocycles. The molecule has 1 N–H and O–H groups in total. The first-order valence-corrected chi connectivity index (χ1v) is 8.81. The van der Waals surface area contributed by atoms with Crippen LogP contribution in [0.4, 0.5) is 0 Å². The van der Waals surface area contributed by atoms with Crippen molar-refractivity contribution in [1.29, 1.82) is 0 Å². The Bertz CT molecular complexity index is 550. The Kier molecular flexibility index (Phi) is 2.75. The first-order chi connectivity index (χ1) is 10.4. The van der Waals surface area contributed by atoms with E-state index >= 15 is 0 Å². The summed E-state index contributed by atoms with van der Waals surface area (Å²) in [5, 5.41) is 4.08. The van der Waals surface area contributed by atoms with Crippen molar-refractivity contribution in [2.24, 2.45) is 11.3 Å². The van der Waals surface area contributed by atoms with E-state index in [9.17, 15) is 0 Å². The smallest absolute Gasteiger partial charge is 0.0690 e. The maximum absolute atomic E-state index is 6.05. The van der Waals surface area contributed by atoms with Crippen LogP contribution >= 0.6 is 0 Å². The Hall–Kier alpha value is -0.860. The van der Waals surface area contributed by atoms with E-state index in [1.165, 1.54) is 44.9 Å². The van der Waals surface area contributed by atoms with Crippen molar-refractivity contribution in [2.75, 3.05) is 6.61 Å². The van der Waals surface area contributed by atoms with Crippen molar-refractivity contribution in [3.63, 3.8) is 0 Å². The molecular formula is C19H25NO. The van der Waals surface area contributed by atoms with Crippen LogP contribution in [0, 0.1) is 11.3 Å². The second-order valence-corrected chi connectivity index (χ2v) is 7.68. The second kappa shape index (κ2) is 4.57.